The molecule has 1 unspecified atom stereocenters. The molecule has 0 bridgehead atoms. The molecule has 0 radical (unpaired) electrons. The summed E-state index contributed by atoms with van der Waals surface area (Å²) in [6, 6.07) is 8.49. The third-order valence-electron chi connectivity index (χ3n) is 4.73. The molecule has 1 atom stereocenters. The van der Waals surface area contributed by atoms with Gasteiger partial charge in [0.05, 0.1) is 32.5 Å². The molecule has 2 aliphatic heterocycles. The molecule has 4 rings (SSSR count). The van der Waals surface area contributed by atoms with Crippen LogP contribution in [0.1, 0.15) is 27.5 Å². The lowest BCUT2D eigenvalue weighted by Gasteiger charge is -2.27. The molecule has 1 aromatic carbocycles. The van der Waals surface area contributed by atoms with Gasteiger partial charge in [-0.15, -0.1) is 0 Å². The van der Waals surface area contributed by atoms with Crippen LogP contribution >= 0.6 is 0 Å². The second kappa shape index (κ2) is 7.99. The normalized spacial score (nSPS) is 20.5. The van der Waals surface area contributed by atoms with Gasteiger partial charge < -0.3 is 19.2 Å². The van der Waals surface area contributed by atoms with E-state index in [1.54, 1.807) is 0 Å². The van der Waals surface area contributed by atoms with E-state index in [0.717, 1.165) is 19.5 Å². The van der Waals surface area contributed by atoms with Gasteiger partial charge in [0.1, 0.15) is 6.26 Å². The third kappa shape index (κ3) is 4.12. The number of nitrogens with zero attached hydrogens (tertiary/aromatic N) is 2. The van der Waals surface area contributed by atoms with E-state index in [0.29, 0.717) is 44.5 Å². The molecule has 1 aromatic heterocycles. The number of hydrogen-bond acceptors (Lipinski definition) is 6. The Morgan fingerprint density at radius 2 is 2.15 bits per heavy atom. The smallest absolute Gasteiger partial charge is 0.273 e. The van der Waals surface area contributed by atoms with E-state index in [4.69, 9.17) is 13.9 Å². The van der Waals surface area contributed by atoms with Crippen molar-refractivity contribution < 1.29 is 18.7 Å². The molecule has 2 aliphatic rings. The summed E-state index contributed by atoms with van der Waals surface area (Å²) in [5.74, 6) is 0.310. The minimum atomic E-state index is -0.252. The zero-order chi connectivity index (χ0) is 17.8. The fraction of sp³-hybridized carbons (Fsp3) is 0.474. The molecule has 7 heteroatoms. The quantitative estimate of drug-likeness (QED) is 0.871. The molecular formula is C19H23N3O4. The van der Waals surface area contributed by atoms with Gasteiger partial charge in [-0.25, -0.2) is 4.98 Å². The zero-order valence-corrected chi connectivity index (χ0v) is 14.6. The highest BCUT2D eigenvalue weighted by molar-refractivity contribution is 5.91. The van der Waals surface area contributed by atoms with Gasteiger partial charge >= 0.3 is 0 Å². The van der Waals surface area contributed by atoms with Crippen molar-refractivity contribution in [1.82, 2.24) is 15.2 Å². The average molecular weight is 357 g/mol. The molecule has 2 aromatic rings. The summed E-state index contributed by atoms with van der Waals surface area (Å²) in [7, 11) is 0. The fourth-order valence-electron chi connectivity index (χ4n) is 3.32. The number of aromatic nitrogens is 1. The monoisotopic (exact) mass is 357 g/mol. The molecule has 1 amide bonds. The van der Waals surface area contributed by atoms with E-state index in [-0.39, 0.29) is 12.0 Å². The Labute approximate surface area is 152 Å². The Hall–Kier alpha value is -2.22. The Balaban J connectivity index is 1.29. The number of ether oxygens (including phenoxy) is 2. The first kappa shape index (κ1) is 17.2. The van der Waals surface area contributed by atoms with Crippen molar-refractivity contribution in [2.24, 2.45) is 0 Å². The Bertz CT molecular complexity index is 755. The number of nitrogens with one attached hydrogen (secondary N) is 1. The standard InChI is InChI=1S/C19H23N3O4/c23-19(20-9-16-12-24-7-8-25-16)17-13-26-18(21-17)11-22-6-5-14-3-1-2-4-15(14)10-22/h1-4,13,16H,5-12H2,(H,20,23). The lowest BCUT2D eigenvalue weighted by molar-refractivity contribution is -0.0855. The molecule has 3 heterocycles. The Morgan fingerprint density at radius 1 is 1.27 bits per heavy atom. The number of carbonyl (C=O) groups is 1. The van der Waals surface area contributed by atoms with Crippen LogP contribution in [0.15, 0.2) is 34.9 Å². The molecule has 0 spiro atoms. The van der Waals surface area contributed by atoms with E-state index in [1.165, 1.54) is 17.4 Å². The van der Waals surface area contributed by atoms with Gasteiger partial charge in [0.15, 0.2) is 5.69 Å². The van der Waals surface area contributed by atoms with Gasteiger partial charge in [0.25, 0.3) is 5.91 Å². The van der Waals surface area contributed by atoms with Crippen molar-refractivity contribution >= 4 is 5.91 Å². The molecule has 138 valence electrons. The van der Waals surface area contributed by atoms with Crippen LogP contribution in [0.3, 0.4) is 0 Å². The van der Waals surface area contributed by atoms with Crippen molar-refractivity contribution in [3.8, 4) is 0 Å². The maximum absolute atomic E-state index is 12.2. The van der Waals surface area contributed by atoms with Gasteiger partial charge in [0.2, 0.25) is 5.89 Å². The number of rotatable bonds is 5. The van der Waals surface area contributed by atoms with Crippen LogP contribution in [0.25, 0.3) is 0 Å². The summed E-state index contributed by atoms with van der Waals surface area (Å²) in [6.45, 7) is 4.51. The van der Waals surface area contributed by atoms with E-state index in [1.807, 2.05) is 0 Å². The SMILES string of the molecule is O=C(NCC1COCCO1)c1coc(CN2CCc3ccccc3C2)n1. The highest BCUT2D eigenvalue weighted by Gasteiger charge is 2.20. The van der Waals surface area contributed by atoms with Crippen molar-refractivity contribution in [3.63, 3.8) is 0 Å². The number of oxazole rings is 1. The van der Waals surface area contributed by atoms with Gasteiger partial charge in [-0.05, 0) is 17.5 Å². The summed E-state index contributed by atoms with van der Waals surface area (Å²) < 4.78 is 16.3. The van der Waals surface area contributed by atoms with E-state index in [9.17, 15) is 4.79 Å². The third-order valence-corrected chi connectivity index (χ3v) is 4.73. The lowest BCUT2D eigenvalue weighted by atomic mass is 10.00. The molecule has 1 N–H and O–H groups in total. The van der Waals surface area contributed by atoms with Crippen LogP contribution in [0.2, 0.25) is 0 Å². The van der Waals surface area contributed by atoms with Crippen LogP contribution in [0.4, 0.5) is 0 Å². The van der Waals surface area contributed by atoms with Gasteiger partial charge in [-0.2, -0.15) is 0 Å². The van der Waals surface area contributed by atoms with Crippen LogP contribution < -0.4 is 5.32 Å². The van der Waals surface area contributed by atoms with Crippen LogP contribution in [0.5, 0.6) is 0 Å². The molecule has 1 fully saturated rings. The van der Waals surface area contributed by atoms with Crippen molar-refractivity contribution in [1.29, 1.82) is 0 Å². The van der Waals surface area contributed by atoms with Crippen LogP contribution in [-0.4, -0.2) is 54.8 Å². The number of benzene rings is 1. The lowest BCUT2D eigenvalue weighted by Crippen LogP contribution is -2.39. The number of carbonyl (C=O) groups excluding carboxylic acids is 1. The highest BCUT2D eigenvalue weighted by atomic mass is 16.6. The van der Waals surface area contributed by atoms with E-state index >= 15 is 0 Å². The Morgan fingerprint density at radius 3 is 3.00 bits per heavy atom. The minimum Gasteiger partial charge on any atom is -0.447 e. The molecule has 7 nitrogen and oxygen atoms in total. The molecular weight excluding hydrogens is 334 g/mol. The summed E-state index contributed by atoms with van der Waals surface area (Å²) in [5, 5.41) is 2.82. The first-order chi connectivity index (χ1) is 12.8. The molecule has 0 saturated carbocycles. The van der Waals surface area contributed by atoms with Crippen LogP contribution in [0, 0.1) is 0 Å². The number of fused-ring (bicyclic) bond motifs is 1. The summed E-state index contributed by atoms with van der Waals surface area (Å²) in [6.07, 6.45) is 2.33. The van der Waals surface area contributed by atoms with Gasteiger partial charge in [0, 0.05) is 19.6 Å². The summed E-state index contributed by atoms with van der Waals surface area (Å²) >= 11 is 0. The van der Waals surface area contributed by atoms with Crippen molar-refractivity contribution in [2.75, 3.05) is 32.9 Å². The minimum absolute atomic E-state index is 0.104. The Kier molecular flexibility index (Phi) is 5.29. The summed E-state index contributed by atoms with van der Waals surface area (Å²) in [4.78, 5) is 18.8. The first-order valence-electron chi connectivity index (χ1n) is 8.99. The molecule has 26 heavy (non-hydrogen) atoms. The maximum atomic E-state index is 12.2. The molecule has 0 aliphatic carbocycles. The second-order valence-corrected chi connectivity index (χ2v) is 6.63. The zero-order valence-electron chi connectivity index (χ0n) is 14.6. The average Bonchev–Trinajstić information content (AvgIpc) is 3.15. The van der Waals surface area contributed by atoms with E-state index in [2.05, 4.69) is 39.5 Å². The second-order valence-electron chi connectivity index (χ2n) is 6.63. The predicted octanol–water partition coefficient (Wildman–Crippen LogP) is 1.38. The van der Waals surface area contributed by atoms with Gasteiger partial charge in [-0.3, -0.25) is 9.69 Å². The number of amides is 1. The van der Waals surface area contributed by atoms with Crippen LogP contribution in [-0.2, 0) is 29.0 Å². The predicted molar refractivity (Wildman–Crippen MR) is 93.7 cm³/mol. The fourth-order valence-corrected chi connectivity index (χ4v) is 3.32. The summed E-state index contributed by atoms with van der Waals surface area (Å²) in [5.41, 5.74) is 3.05. The van der Waals surface area contributed by atoms with Crippen molar-refractivity contribution in [2.45, 2.75) is 25.6 Å². The molecule has 1 saturated heterocycles. The highest BCUT2D eigenvalue weighted by Crippen LogP contribution is 2.20. The van der Waals surface area contributed by atoms with E-state index < -0.39 is 0 Å². The van der Waals surface area contributed by atoms with Gasteiger partial charge in [-0.1, -0.05) is 24.3 Å². The maximum Gasteiger partial charge on any atom is 0.273 e. The first-order valence-corrected chi connectivity index (χ1v) is 8.99. The van der Waals surface area contributed by atoms with Crippen molar-refractivity contribution in [3.05, 3.63) is 53.2 Å². The topological polar surface area (TPSA) is 76.8 Å². The number of hydrogen-bond donors (Lipinski definition) is 1. The largest absolute Gasteiger partial charge is 0.447 e.